The Bertz CT molecular complexity index is 1230. The maximum atomic E-state index is 14.1. The van der Waals surface area contributed by atoms with Crippen LogP contribution in [0.15, 0.2) is 48.7 Å². The van der Waals surface area contributed by atoms with E-state index in [1.807, 2.05) is 0 Å². The van der Waals surface area contributed by atoms with Crippen molar-refractivity contribution in [2.24, 2.45) is 0 Å². The molecule has 35 heavy (non-hydrogen) atoms. The van der Waals surface area contributed by atoms with E-state index in [2.05, 4.69) is 25.9 Å². The van der Waals surface area contributed by atoms with E-state index in [-0.39, 0.29) is 40.6 Å². The Morgan fingerprint density at radius 3 is 2.86 bits per heavy atom. The second-order valence-electron chi connectivity index (χ2n) is 8.34. The summed E-state index contributed by atoms with van der Waals surface area (Å²) in [7, 11) is 0. The smallest absolute Gasteiger partial charge is 0.274 e. The number of carbonyl (C=O) groups excluding carboxylic acids is 2. The molecule has 1 aromatic heterocycles. The van der Waals surface area contributed by atoms with Gasteiger partial charge in [0.2, 0.25) is 0 Å². The van der Waals surface area contributed by atoms with Crippen LogP contribution in [0, 0.1) is 5.82 Å². The number of hydrogen-bond acceptors (Lipinski definition) is 6. The minimum atomic E-state index is -0.564. The third-order valence-corrected chi connectivity index (χ3v) is 6.08. The molecule has 0 saturated carbocycles. The Kier molecular flexibility index (Phi) is 7.89. The average molecular weight is 497 g/mol. The highest BCUT2D eigenvalue weighted by Crippen LogP contribution is 2.21. The molecule has 0 spiro atoms. The fourth-order valence-electron chi connectivity index (χ4n) is 3.88. The molecule has 1 fully saturated rings. The Balaban J connectivity index is 1.49. The molecule has 3 aromatic rings. The molecule has 2 amide bonds. The topological polar surface area (TPSA) is 122 Å². The van der Waals surface area contributed by atoms with E-state index in [1.54, 1.807) is 36.4 Å². The van der Waals surface area contributed by atoms with E-state index in [4.69, 9.17) is 17.3 Å². The van der Waals surface area contributed by atoms with Gasteiger partial charge in [-0.3, -0.25) is 9.59 Å². The zero-order chi connectivity index (χ0) is 24.8. The van der Waals surface area contributed by atoms with Crippen molar-refractivity contribution in [3.63, 3.8) is 0 Å². The van der Waals surface area contributed by atoms with Crippen molar-refractivity contribution in [2.45, 2.75) is 31.8 Å². The third kappa shape index (κ3) is 6.12. The minimum absolute atomic E-state index is 0.00387. The van der Waals surface area contributed by atoms with Gasteiger partial charge in [0.15, 0.2) is 11.5 Å². The maximum Gasteiger partial charge on any atom is 0.274 e. The molecule has 4 rings (SSSR count). The van der Waals surface area contributed by atoms with Crippen molar-refractivity contribution in [3.8, 4) is 11.3 Å². The minimum Gasteiger partial charge on any atom is -0.382 e. The number of anilines is 1. The van der Waals surface area contributed by atoms with Crippen molar-refractivity contribution in [2.75, 3.05) is 18.8 Å². The number of hydrogen-bond donors (Lipinski definition) is 4. The molecular formula is C25H26ClFN6O2. The third-order valence-electron chi connectivity index (χ3n) is 5.79. The molecule has 182 valence electrons. The lowest BCUT2D eigenvalue weighted by Gasteiger charge is -2.16. The molecule has 0 bridgehead atoms. The summed E-state index contributed by atoms with van der Waals surface area (Å²) in [6, 6.07) is 11.3. The number of halogens is 2. The van der Waals surface area contributed by atoms with Crippen molar-refractivity contribution in [1.82, 2.24) is 25.9 Å². The predicted molar refractivity (Wildman–Crippen MR) is 132 cm³/mol. The highest BCUT2D eigenvalue weighted by molar-refractivity contribution is 6.30. The molecule has 0 radical (unpaired) electrons. The normalized spacial score (nSPS) is 15.8. The molecule has 10 heteroatoms. The van der Waals surface area contributed by atoms with Crippen LogP contribution in [0.2, 0.25) is 5.02 Å². The summed E-state index contributed by atoms with van der Waals surface area (Å²) in [5.41, 5.74) is 7.60. The number of rotatable bonds is 6. The summed E-state index contributed by atoms with van der Waals surface area (Å²) in [5.74, 6) is -1.31. The van der Waals surface area contributed by atoms with Gasteiger partial charge in [0.25, 0.3) is 11.8 Å². The first-order valence-corrected chi connectivity index (χ1v) is 11.8. The summed E-state index contributed by atoms with van der Waals surface area (Å²) in [6.07, 6.45) is 4.43. The molecule has 2 heterocycles. The van der Waals surface area contributed by atoms with E-state index in [0.29, 0.717) is 23.4 Å². The van der Waals surface area contributed by atoms with Crippen LogP contribution in [0.1, 0.15) is 45.7 Å². The number of nitrogen functional groups attached to an aromatic ring is 1. The molecule has 1 atom stereocenters. The van der Waals surface area contributed by atoms with E-state index in [1.165, 1.54) is 12.3 Å². The second-order valence-corrected chi connectivity index (χ2v) is 8.74. The van der Waals surface area contributed by atoms with Crippen molar-refractivity contribution in [3.05, 3.63) is 76.3 Å². The first-order chi connectivity index (χ1) is 16.9. The van der Waals surface area contributed by atoms with Gasteiger partial charge >= 0.3 is 0 Å². The summed E-state index contributed by atoms with van der Waals surface area (Å²) < 4.78 is 14.1. The van der Waals surface area contributed by atoms with Crippen LogP contribution in [0.3, 0.4) is 0 Å². The largest absolute Gasteiger partial charge is 0.382 e. The summed E-state index contributed by atoms with van der Waals surface area (Å²) in [4.78, 5) is 34.1. The first-order valence-electron chi connectivity index (χ1n) is 11.4. The van der Waals surface area contributed by atoms with Gasteiger partial charge in [-0.25, -0.2) is 14.4 Å². The summed E-state index contributed by atoms with van der Waals surface area (Å²) in [6.45, 7) is 1.61. The molecule has 1 aliphatic heterocycles. The lowest BCUT2D eigenvalue weighted by Crippen LogP contribution is -2.41. The van der Waals surface area contributed by atoms with Gasteiger partial charge in [-0.05, 0) is 37.6 Å². The molecule has 0 aliphatic carbocycles. The van der Waals surface area contributed by atoms with E-state index in [9.17, 15) is 14.0 Å². The molecule has 2 aromatic carbocycles. The zero-order valence-electron chi connectivity index (χ0n) is 19.0. The van der Waals surface area contributed by atoms with Crippen molar-refractivity contribution >= 4 is 29.2 Å². The highest BCUT2D eigenvalue weighted by Gasteiger charge is 2.20. The van der Waals surface area contributed by atoms with Gasteiger partial charge < -0.3 is 21.7 Å². The van der Waals surface area contributed by atoms with Gasteiger partial charge in [0.1, 0.15) is 5.82 Å². The molecule has 1 saturated heterocycles. The van der Waals surface area contributed by atoms with Gasteiger partial charge in [-0.1, -0.05) is 42.3 Å². The SMILES string of the molecule is Nc1ncc(-c2cccc(C(=O)NCc3cccc(Cl)c3F)c2)nc1C(=O)N[C@H]1CCCCNC1. The van der Waals surface area contributed by atoms with Crippen molar-refractivity contribution in [1.29, 1.82) is 0 Å². The van der Waals surface area contributed by atoms with Gasteiger partial charge in [0.05, 0.1) is 16.9 Å². The lowest BCUT2D eigenvalue weighted by atomic mass is 10.1. The number of carbonyl (C=O) groups is 2. The van der Waals surface area contributed by atoms with Gasteiger partial charge in [-0.15, -0.1) is 0 Å². The molecule has 8 nitrogen and oxygen atoms in total. The van der Waals surface area contributed by atoms with Crippen LogP contribution < -0.4 is 21.7 Å². The van der Waals surface area contributed by atoms with E-state index >= 15 is 0 Å². The molecule has 5 N–H and O–H groups in total. The van der Waals surface area contributed by atoms with Crippen molar-refractivity contribution < 1.29 is 14.0 Å². The predicted octanol–water partition coefficient (Wildman–Crippen LogP) is 3.32. The van der Waals surface area contributed by atoms with Gasteiger partial charge in [-0.2, -0.15) is 0 Å². The monoisotopic (exact) mass is 496 g/mol. The molecular weight excluding hydrogens is 471 g/mol. The quantitative estimate of drug-likeness (QED) is 0.415. The van der Waals surface area contributed by atoms with Crippen LogP contribution >= 0.6 is 11.6 Å². The Morgan fingerprint density at radius 2 is 2.00 bits per heavy atom. The van der Waals surface area contributed by atoms with Crippen LogP contribution in [-0.4, -0.2) is 40.9 Å². The standard InChI is InChI=1S/C25H26ClFN6O2/c26-19-9-4-7-17(21(19)27)12-31-24(34)16-6-3-5-15(11-16)20-14-30-23(28)22(33-20)25(35)32-18-8-1-2-10-29-13-18/h3-7,9,11,14,18,29H,1-2,8,10,12-13H2,(H2,28,30)(H,31,34)(H,32,35)/t18-/m0/s1. The molecule has 1 aliphatic rings. The van der Waals surface area contributed by atoms with E-state index in [0.717, 1.165) is 25.8 Å². The van der Waals surface area contributed by atoms with Crippen LogP contribution in [-0.2, 0) is 6.54 Å². The number of nitrogens with zero attached hydrogens (tertiary/aromatic N) is 2. The number of amides is 2. The summed E-state index contributed by atoms with van der Waals surface area (Å²) >= 11 is 5.80. The Hall–Kier alpha value is -3.56. The number of benzene rings is 2. The Morgan fingerprint density at radius 1 is 1.17 bits per heavy atom. The average Bonchev–Trinajstić information content (AvgIpc) is 3.13. The number of aromatic nitrogens is 2. The summed E-state index contributed by atoms with van der Waals surface area (Å²) in [5, 5.41) is 8.96. The number of nitrogens with two attached hydrogens (primary N) is 1. The highest BCUT2D eigenvalue weighted by atomic mass is 35.5. The van der Waals surface area contributed by atoms with E-state index < -0.39 is 11.7 Å². The Labute approximate surface area is 207 Å². The number of nitrogens with one attached hydrogen (secondary N) is 3. The fraction of sp³-hybridized carbons (Fsp3) is 0.280. The first kappa shape index (κ1) is 24.6. The van der Waals surface area contributed by atoms with Gasteiger partial charge in [0, 0.05) is 35.8 Å². The molecule has 0 unspecified atom stereocenters. The van der Waals surface area contributed by atoms with Crippen LogP contribution in [0.25, 0.3) is 11.3 Å². The van der Waals surface area contributed by atoms with Crippen LogP contribution in [0.5, 0.6) is 0 Å². The fourth-order valence-corrected chi connectivity index (χ4v) is 4.08. The van der Waals surface area contributed by atoms with Crippen LogP contribution in [0.4, 0.5) is 10.2 Å². The second kappa shape index (κ2) is 11.2. The lowest BCUT2D eigenvalue weighted by molar-refractivity contribution is 0.0928. The zero-order valence-corrected chi connectivity index (χ0v) is 19.7. The maximum absolute atomic E-state index is 14.1.